The number of pyridine rings is 1. The number of carbonyl (C=O) groups excluding carboxylic acids is 1. The van der Waals surface area contributed by atoms with Crippen LogP contribution in [0, 0.1) is 0 Å². The quantitative estimate of drug-likeness (QED) is 0.845. The first kappa shape index (κ1) is 15.8. The molecular weight excluding hydrogens is 266 g/mol. The van der Waals surface area contributed by atoms with E-state index in [0.717, 1.165) is 37.4 Å². The van der Waals surface area contributed by atoms with Gasteiger partial charge in [-0.1, -0.05) is 13.8 Å². The maximum absolute atomic E-state index is 12.3. The molecule has 1 amide bonds. The van der Waals surface area contributed by atoms with Gasteiger partial charge in [-0.15, -0.1) is 0 Å². The normalized spacial score (nSPS) is 18.0. The van der Waals surface area contributed by atoms with Crippen LogP contribution in [0.4, 0.5) is 5.82 Å². The van der Waals surface area contributed by atoms with Gasteiger partial charge in [-0.3, -0.25) is 4.79 Å². The van der Waals surface area contributed by atoms with Crippen molar-refractivity contribution in [2.75, 3.05) is 25.5 Å². The molecule has 1 aliphatic rings. The standard InChI is InChI=1S/C16H25N3O2/c1-11(2)14-9-12(10-15(17-3)19-14)16(20)18-7-6-13-5-4-8-21-13/h9-11,13H,4-8H2,1-3H3,(H,17,19)(H,18,20). The molecule has 5 nitrogen and oxygen atoms in total. The first-order chi connectivity index (χ1) is 10.1. The fourth-order valence-electron chi connectivity index (χ4n) is 2.43. The van der Waals surface area contributed by atoms with E-state index < -0.39 is 0 Å². The number of nitrogens with one attached hydrogen (secondary N) is 2. The van der Waals surface area contributed by atoms with Crippen LogP contribution in [-0.2, 0) is 4.74 Å². The van der Waals surface area contributed by atoms with Crippen molar-refractivity contribution in [3.05, 3.63) is 23.4 Å². The summed E-state index contributed by atoms with van der Waals surface area (Å²) in [5.74, 6) is 0.969. The zero-order chi connectivity index (χ0) is 15.2. The Kier molecular flexibility index (Phi) is 5.56. The lowest BCUT2D eigenvalue weighted by Gasteiger charge is -2.12. The molecule has 2 N–H and O–H groups in total. The third kappa shape index (κ3) is 4.43. The molecule has 1 fully saturated rings. The van der Waals surface area contributed by atoms with Gasteiger partial charge in [-0.25, -0.2) is 4.98 Å². The Morgan fingerprint density at radius 2 is 2.29 bits per heavy atom. The number of ether oxygens (including phenoxy) is 1. The molecule has 1 aromatic rings. The highest BCUT2D eigenvalue weighted by atomic mass is 16.5. The Bertz CT molecular complexity index is 482. The van der Waals surface area contributed by atoms with Crippen LogP contribution < -0.4 is 10.6 Å². The average Bonchev–Trinajstić information content (AvgIpc) is 2.99. The fourth-order valence-corrected chi connectivity index (χ4v) is 2.43. The van der Waals surface area contributed by atoms with Crippen molar-refractivity contribution in [2.45, 2.75) is 45.1 Å². The Balaban J connectivity index is 1.95. The maximum Gasteiger partial charge on any atom is 0.251 e. The van der Waals surface area contributed by atoms with Gasteiger partial charge >= 0.3 is 0 Å². The molecule has 5 heteroatoms. The van der Waals surface area contributed by atoms with Crippen LogP contribution in [0.25, 0.3) is 0 Å². The molecule has 0 radical (unpaired) electrons. The molecule has 0 bridgehead atoms. The Hall–Kier alpha value is -1.62. The lowest BCUT2D eigenvalue weighted by molar-refractivity contribution is 0.0907. The van der Waals surface area contributed by atoms with E-state index in [-0.39, 0.29) is 11.8 Å². The minimum absolute atomic E-state index is 0.0474. The van der Waals surface area contributed by atoms with Crippen LogP contribution in [0.5, 0.6) is 0 Å². The third-order valence-corrected chi connectivity index (χ3v) is 3.73. The van der Waals surface area contributed by atoms with Crippen molar-refractivity contribution in [1.29, 1.82) is 0 Å². The van der Waals surface area contributed by atoms with E-state index in [1.165, 1.54) is 0 Å². The maximum atomic E-state index is 12.3. The highest BCUT2D eigenvalue weighted by Gasteiger charge is 2.16. The summed E-state index contributed by atoms with van der Waals surface area (Å²) in [6.45, 7) is 5.64. The lowest BCUT2D eigenvalue weighted by atomic mass is 10.1. The lowest BCUT2D eigenvalue weighted by Crippen LogP contribution is -2.27. The van der Waals surface area contributed by atoms with Crippen LogP contribution in [0.3, 0.4) is 0 Å². The van der Waals surface area contributed by atoms with Gasteiger partial charge < -0.3 is 15.4 Å². The largest absolute Gasteiger partial charge is 0.378 e. The Morgan fingerprint density at radius 1 is 1.48 bits per heavy atom. The summed E-state index contributed by atoms with van der Waals surface area (Å²) in [5.41, 5.74) is 1.58. The third-order valence-electron chi connectivity index (χ3n) is 3.73. The van der Waals surface area contributed by atoms with E-state index in [4.69, 9.17) is 4.74 Å². The second kappa shape index (κ2) is 7.41. The summed E-state index contributed by atoms with van der Waals surface area (Å²) >= 11 is 0. The smallest absolute Gasteiger partial charge is 0.251 e. The number of carbonyl (C=O) groups is 1. The van der Waals surface area contributed by atoms with Gasteiger partial charge in [0, 0.05) is 31.5 Å². The first-order valence-corrected chi connectivity index (χ1v) is 7.69. The van der Waals surface area contributed by atoms with Crippen molar-refractivity contribution < 1.29 is 9.53 Å². The molecule has 1 atom stereocenters. The predicted molar refractivity (Wildman–Crippen MR) is 83.8 cm³/mol. The number of hydrogen-bond acceptors (Lipinski definition) is 4. The van der Waals surface area contributed by atoms with Crippen LogP contribution >= 0.6 is 0 Å². The molecule has 1 aromatic heterocycles. The van der Waals surface area contributed by atoms with E-state index in [1.54, 1.807) is 6.07 Å². The monoisotopic (exact) mass is 291 g/mol. The predicted octanol–water partition coefficient (Wildman–Crippen LogP) is 2.55. The van der Waals surface area contributed by atoms with Gasteiger partial charge in [-0.05, 0) is 37.3 Å². The molecule has 0 aromatic carbocycles. The van der Waals surface area contributed by atoms with Gasteiger partial charge in [0.2, 0.25) is 0 Å². The second-order valence-corrected chi connectivity index (χ2v) is 5.75. The molecule has 21 heavy (non-hydrogen) atoms. The topological polar surface area (TPSA) is 63.2 Å². The number of nitrogens with zero attached hydrogens (tertiary/aromatic N) is 1. The van der Waals surface area contributed by atoms with Crippen molar-refractivity contribution in [3.63, 3.8) is 0 Å². The van der Waals surface area contributed by atoms with E-state index in [0.29, 0.717) is 18.2 Å². The van der Waals surface area contributed by atoms with Crippen molar-refractivity contribution >= 4 is 11.7 Å². The molecule has 0 spiro atoms. The van der Waals surface area contributed by atoms with E-state index in [2.05, 4.69) is 29.5 Å². The number of aromatic nitrogens is 1. The molecule has 1 saturated heterocycles. The summed E-state index contributed by atoms with van der Waals surface area (Å²) < 4.78 is 5.56. The van der Waals surface area contributed by atoms with Crippen molar-refractivity contribution in [2.24, 2.45) is 0 Å². The molecular formula is C16H25N3O2. The molecule has 2 heterocycles. The van der Waals surface area contributed by atoms with E-state index in [1.807, 2.05) is 13.1 Å². The van der Waals surface area contributed by atoms with Crippen molar-refractivity contribution in [1.82, 2.24) is 10.3 Å². The zero-order valence-electron chi connectivity index (χ0n) is 13.1. The Morgan fingerprint density at radius 3 is 2.90 bits per heavy atom. The SMILES string of the molecule is CNc1cc(C(=O)NCCC2CCCO2)cc(C(C)C)n1. The summed E-state index contributed by atoms with van der Waals surface area (Å²) in [4.78, 5) is 16.7. The minimum atomic E-state index is -0.0474. The van der Waals surface area contributed by atoms with Crippen molar-refractivity contribution in [3.8, 4) is 0 Å². The molecule has 2 rings (SSSR count). The van der Waals surface area contributed by atoms with Crippen LogP contribution in [-0.4, -0.2) is 37.2 Å². The molecule has 0 aliphatic carbocycles. The number of amides is 1. The summed E-state index contributed by atoms with van der Waals surface area (Å²) in [6, 6.07) is 3.65. The van der Waals surface area contributed by atoms with Gasteiger partial charge in [-0.2, -0.15) is 0 Å². The average molecular weight is 291 g/mol. The van der Waals surface area contributed by atoms with Crippen LogP contribution in [0.1, 0.15) is 55.1 Å². The first-order valence-electron chi connectivity index (χ1n) is 7.69. The summed E-state index contributed by atoms with van der Waals surface area (Å²) in [6.07, 6.45) is 3.42. The highest BCUT2D eigenvalue weighted by molar-refractivity contribution is 5.95. The molecule has 1 unspecified atom stereocenters. The fraction of sp³-hybridized carbons (Fsp3) is 0.625. The van der Waals surface area contributed by atoms with Gasteiger partial charge in [0.15, 0.2) is 0 Å². The van der Waals surface area contributed by atoms with Gasteiger partial charge in [0.1, 0.15) is 5.82 Å². The van der Waals surface area contributed by atoms with Gasteiger partial charge in [0.05, 0.1) is 6.10 Å². The van der Waals surface area contributed by atoms with Crippen LogP contribution in [0.15, 0.2) is 12.1 Å². The highest BCUT2D eigenvalue weighted by Crippen LogP contribution is 2.18. The molecule has 0 saturated carbocycles. The number of rotatable bonds is 6. The van der Waals surface area contributed by atoms with E-state index in [9.17, 15) is 4.79 Å². The second-order valence-electron chi connectivity index (χ2n) is 5.75. The molecule has 116 valence electrons. The molecule has 1 aliphatic heterocycles. The summed E-state index contributed by atoms with van der Waals surface area (Å²) in [5, 5.41) is 5.98. The van der Waals surface area contributed by atoms with E-state index >= 15 is 0 Å². The van der Waals surface area contributed by atoms with Crippen LogP contribution in [0.2, 0.25) is 0 Å². The zero-order valence-corrected chi connectivity index (χ0v) is 13.1. The number of hydrogen-bond donors (Lipinski definition) is 2. The number of anilines is 1. The Labute approximate surface area is 126 Å². The van der Waals surface area contributed by atoms with Gasteiger partial charge in [0.25, 0.3) is 5.91 Å². The minimum Gasteiger partial charge on any atom is -0.378 e. The summed E-state index contributed by atoms with van der Waals surface area (Å²) in [7, 11) is 1.81.